The number of nitrogens with one attached hydrogen (secondary N) is 1. The summed E-state index contributed by atoms with van der Waals surface area (Å²) in [7, 11) is 0. The summed E-state index contributed by atoms with van der Waals surface area (Å²) in [6.07, 6.45) is 0.873. The Balaban J connectivity index is 1.93. The Morgan fingerprint density at radius 1 is 1.33 bits per heavy atom. The predicted molar refractivity (Wildman–Crippen MR) is 88.2 cm³/mol. The summed E-state index contributed by atoms with van der Waals surface area (Å²) in [6, 6.07) is 8.70. The first-order valence-corrected chi connectivity index (χ1v) is 8.46. The second-order valence-electron chi connectivity index (χ2n) is 5.74. The number of hydrogen-bond acceptors (Lipinski definition) is 4. The highest BCUT2D eigenvalue weighted by molar-refractivity contribution is 9.10. The Bertz CT molecular complexity index is 434. The van der Waals surface area contributed by atoms with Gasteiger partial charge in [0.25, 0.3) is 0 Å². The van der Waals surface area contributed by atoms with E-state index in [4.69, 9.17) is 0 Å². The highest BCUT2D eigenvalue weighted by atomic mass is 79.9. The zero-order valence-corrected chi connectivity index (χ0v) is 14.1. The van der Waals surface area contributed by atoms with Crippen molar-refractivity contribution in [1.29, 1.82) is 0 Å². The molecule has 3 atom stereocenters. The molecule has 1 aromatic rings. The lowest BCUT2D eigenvalue weighted by Gasteiger charge is -2.23. The number of rotatable bonds is 7. The summed E-state index contributed by atoms with van der Waals surface area (Å²) in [5, 5.41) is 22.8. The van der Waals surface area contributed by atoms with E-state index in [9.17, 15) is 10.2 Å². The monoisotopic (exact) mass is 356 g/mol. The van der Waals surface area contributed by atoms with Crippen molar-refractivity contribution < 1.29 is 10.2 Å². The SMILES string of the molecule is CCCNC(CCN1CC(O)C(O)C1)c1cccc(Br)c1. The van der Waals surface area contributed by atoms with Crippen LogP contribution in [0.1, 0.15) is 31.4 Å². The number of halogens is 1. The first-order chi connectivity index (χ1) is 10.1. The van der Waals surface area contributed by atoms with E-state index in [1.54, 1.807) is 0 Å². The van der Waals surface area contributed by atoms with Crippen LogP contribution in [0.15, 0.2) is 28.7 Å². The normalized spacial score (nSPS) is 24.4. The van der Waals surface area contributed by atoms with Crippen LogP contribution in [0, 0.1) is 0 Å². The van der Waals surface area contributed by atoms with Crippen molar-refractivity contribution in [1.82, 2.24) is 10.2 Å². The summed E-state index contributed by atoms with van der Waals surface area (Å²) in [6.45, 7) is 5.17. The maximum Gasteiger partial charge on any atom is 0.0938 e. The van der Waals surface area contributed by atoms with E-state index in [-0.39, 0.29) is 0 Å². The second-order valence-corrected chi connectivity index (χ2v) is 6.66. The predicted octanol–water partition coefficient (Wildman–Crippen LogP) is 1.92. The lowest BCUT2D eigenvalue weighted by atomic mass is 10.0. The average Bonchev–Trinajstić information content (AvgIpc) is 2.78. The molecule has 1 fully saturated rings. The Kier molecular flexibility index (Phi) is 6.64. The standard InChI is InChI=1S/C16H25BrN2O2/c1-2-7-18-14(12-4-3-5-13(17)9-12)6-8-19-10-15(20)16(21)11-19/h3-5,9,14-16,18,20-21H,2,6-8,10-11H2,1H3. The number of aliphatic hydroxyl groups excluding tert-OH is 2. The van der Waals surface area contributed by atoms with Crippen molar-refractivity contribution in [3.63, 3.8) is 0 Å². The van der Waals surface area contributed by atoms with Crippen LogP contribution in [-0.4, -0.2) is 53.5 Å². The summed E-state index contributed by atoms with van der Waals surface area (Å²) in [5.41, 5.74) is 1.28. The molecule has 3 unspecified atom stereocenters. The van der Waals surface area contributed by atoms with Crippen molar-refractivity contribution in [2.75, 3.05) is 26.2 Å². The van der Waals surface area contributed by atoms with Gasteiger partial charge in [0.1, 0.15) is 0 Å². The van der Waals surface area contributed by atoms with Gasteiger partial charge in [0.2, 0.25) is 0 Å². The molecule has 0 radical (unpaired) electrons. The van der Waals surface area contributed by atoms with Gasteiger partial charge in [-0.3, -0.25) is 4.90 Å². The molecule has 1 heterocycles. The number of nitrogens with zero attached hydrogens (tertiary/aromatic N) is 1. The fourth-order valence-corrected chi connectivity index (χ4v) is 3.19. The van der Waals surface area contributed by atoms with Gasteiger partial charge in [-0.05, 0) is 37.1 Å². The van der Waals surface area contributed by atoms with Crippen molar-refractivity contribution in [3.8, 4) is 0 Å². The van der Waals surface area contributed by atoms with Gasteiger partial charge in [-0.25, -0.2) is 0 Å². The third-order valence-electron chi connectivity index (χ3n) is 3.96. The van der Waals surface area contributed by atoms with Gasteiger partial charge in [0.05, 0.1) is 12.2 Å². The van der Waals surface area contributed by atoms with E-state index in [1.807, 2.05) is 6.07 Å². The molecule has 1 aliphatic rings. The summed E-state index contributed by atoms with van der Waals surface area (Å²) in [4.78, 5) is 2.13. The molecule has 1 saturated heterocycles. The van der Waals surface area contributed by atoms with E-state index >= 15 is 0 Å². The maximum atomic E-state index is 9.61. The van der Waals surface area contributed by atoms with Gasteiger partial charge >= 0.3 is 0 Å². The first-order valence-electron chi connectivity index (χ1n) is 7.67. The molecular weight excluding hydrogens is 332 g/mol. The van der Waals surface area contributed by atoms with Crippen LogP contribution in [0.4, 0.5) is 0 Å². The number of hydrogen-bond donors (Lipinski definition) is 3. The Morgan fingerprint density at radius 3 is 2.67 bits per heavy atom. The van der Waals surface area contributed by atoms with Crippen LogP contribution in [0.5, 0.6) is 0 Å². The van der Waals surface area contributed by atoms with Crippen LogP contribution in [-0.2, 0) is 0 Å². The number of likely N-dealkylation sites (tertiary alicyclic amines) is 1. The topological polar surface area (TPSA) is 55.7 Å². The zero-order chi connectivity index (χ0) is 15.2. The van der Waals surface area contributed by atoms with E-state index in [0.717, 1.165) is 30.4 Å². The molecule has 4 nitrogen and oxygen atoms in total. The summed E-state index contributed by atoms with van der Waals surface area (Å²) < 4.78 is 1.09. The Labute approximate surface area is 135 Å². The lowest BCUT2D eigenvalue weighted by molar-refractivity contribution is 0.0572. The van der Waals surface area contributed by atoms with Crippen molar-refractivity contribution in [3.05, 3.63) is 34.3 Å². The summed E-state index contributed by atoms with van der Waals surface area (Å²) >= 11 is 3.53. The minimum atomic E-state index is -0.599. The number of benzene rings is 1. The van der Waals surface area contributed by atoms with Gasteiger partial charge in [-0.15, -0.1) is 0 Å². The number of β-amino-alcohol motifs (C(OH)–C–C–N with tert-alkyl or cyclic N) is 2. The lowest BCUT2D eigenvalue weighted by Crippen LogP contribution is -2.29. The molecule has 0 aliphatic carbocycles. The molecule has 0 spiro atoms. The molecule has 118 valence electrons. The van der Waals surface area contributed by atoms with Gasteiger partial charge in [-0.2, -0.15) is 0 Å². The Hall–Kier alpha value is -0.460. The van der Waals surface area contributed by atoms with E-state index in [0.29, 0.717) is 19.1 Å². The molecular formula is C16H25BrN2O2. The second kappa shape index (κ2) is 8.25. The molecule has 0 aromatic heterocycles. The molecule has 0 saturated carbocycles. The van der Waals surface area contributed by atoms with Crippen LogP contribution in [0.3, 0.4) is 0 Å². The third kappa shape index (κ3) is 5.04. The minimum Gasteiger partial charge on any atom is -0.389 e. The van der Waals surface area contributed by atoms with E-state index < -0.39 is 12.2 Å². The fourth-order valence-electron chi connectivity index (χ4n) is 2.77. The quantitative estimate of drug-likeness (QED) is 0.698. The summed E-state index contributed by atoms with van der Waals surface area (Å²) in [5.74, 6) is 0. The first kappa shape index (κ1) is 16.9. The zero-order valence-electron chi connectivity index (χ0n) is 12.5. The van der Waals surface area contributed by atoms with Gasteiger partial charge in [0.15, 0.2) is 0 Å². The highest BCUT2D eigenvalue weighted by Gasteiger charge is 2.29. The molecule has 2 rings (SSSR count). The molecule has 3 N–H and O–H groups in total. The molecule has 1 aliphatic heterocycles. The van der Waals surface area contributed by atoms with E-state index in [2.05, 4.69) is 51.3 Å². The van der Waals surface area contributed by atoms with Crippen molar-refractivity contribution in [2.45, 2.75) is 38.0 Å². The third-order valence-corrected chi connectivity index (χ3v) is 4.45. The van der Waals surface area contributed by atoms with Crippen LogP contribution in [0.2, 0.25) is 0 Å². The molecule has 0 bridgehead atoms. The number of aliphatic hydroxyl groups is 2. The molecule has 21 heavy (non-hydrogen) atoms. The van der Waals surface area contributed by atoms with Crippen LogP contribution in [0.25, 0.3) is 0 Å². The van der Waals surface area contributed by atoms with Gasteiger partial charge in [-0.1, -0.05) is 35.0 Å². The average molecular weight is 357 g/mol. The largest absolute Gasteiger partial charge is 0.389 e. The van der Waals surface area contributed by atoms with Crippen molar-refractivity contribution >= 4 is 15.9 Å². The smallest absolute Gasteiger partial charge is 0.0938 e. The molecule has 0 amide bonds. The van der Waals surface area contributed by atoms with Gasteiger partial charge < -0.3 is 15.5 Å². The maximum absolute atomic E-state index is 9.61. The molecule has 1 aromatic carbocycles. The van der Waals surface area contributed by atoms with Gasteiger partial charge in [0, 0.05) is 30.1 Å². The minimum absolute atomic E-state index is 0.303. The van der Waals surface area contributed by atoms with E-state index in [1.165, 1.54) is 5.56 Å². The van der Waals surface area contributed by atoms with Crippen molar-refractivity contribution in [2.24, 2.45) is 0 Å². The Morgan fingerprint density at radius 2 is 2.05 bits per heavy atom. The fraction of sp³-hybridized carbons (Fsp3) is 0.625. The molecule has 5 heteroatoms. The van der Waals surface area contributed by atoms with Crippen LogP contribution < -0.4 is 5.32 Å². The van der Waals surface area contributed by atoms with Crippen LogP contribution >= 0.6 is 15.9 Å². The highest BCUT2D eigenvalue weighted by Crippen LogP contribution is 2.22.